The van der Waals surface area contributed by atoms with Gasteiger partial charge in [0.05, 0.1) is 6.10 Å². The Hall–Kier alpha value is -1.87. The molecule has 0 saturated heterocycles. The molecule has 1 aliphatic carbocycles. The molecule has 0 radical (unpaired) electrons. The molecule has 0 amide bonds. The smallest absolute Gasteiger partial charge is 0.195 e. The zero-order valence-electron chi connectivity index (χ0n) is 18.5. The normalized spacial score (nSPS) is 13.6. The number of halogens is 1. The van der Waals surface area contributed by atoms with Crippen molar-refractivity contribution in [1.82, 2.24) is 10.3 Å². The fraction of sp³-hybridized carbons (Fsp3) is 0.500. The first-order valence-corrected chi connectivity index (χ1v) is 11.0. The number of nitrogens with zero attached hydrogens (tertiary/aromatic N) is 2. The van der Waals surface area contributed by atoms with Gasteiger partial charge < -0.3 is 20.1 Å². The molecule has 6 nitrogen and oxygen atoms in total. The van der Waals surface area contributed by atoms with Crippen molar-refractivity contribution in [2.75, 3.05) is 31.6 Å². The van der Waals surface area contributed by atoms with Gasteiger partial charge in [-0.3, -0.25) is 9.98 Å². The van der Waals surface area contributed by atoms with Gasteiger partial charge in [0.1, 0.15) is 5.75 Å². The van der Waals surface area contributed by atoms with Crippen LogP contribution in [0.25, 0.3) is 0 Å². The summed E-state index contributed by atoms with van der Waals surface area (Å²) in [7, 11) is 0. The third-order valence-electron chi connectivity index (χ3n) is 4.66. The van der Waals surface area contributed by atoms with E-state index in [2.05, 4.69) is 15.6 Å². The van der Waals surface area contributed by atoms with Gasteiger partial charge in [0.15, 0.2) is 5.96 Å². The van der Waals surface area contributed by atoms with Crippen molar-refractivity contribution in [3.8, 4) is 5.75 Å². The number of aliphatic imine (C=N–C) groups is 1. The number of rotatable bonds is 12. The van der Waals surface area contributed by atoms with Crippen molar-refractivity contribution in [2.24, 2.45) is 10.9 Å². The number of pyridine rings is 1. The molecule has 0 aliphatic heterocycles. The van der Waals surface area contributed by atoms with Gasteiger partial charge in [-0.25, -0.2) is 0 Å². The van der Waals surface area contributed by atoms with Crippen molar-refractivity contribution in [2.45, 2.75) is 45.6 Å². The maximum Gasteiger partial charge on any atom is 0.195 e. The van der Waals surface area contributed by atoms with E-state index in [0.29, 0.717) is 0 Å². The Balaban J connectivity index is 0.00000341. The van der Waals surface area contributed by atoms with E-state index in [1.54, 1.807) is 0 Å². The fourth-order valence-corrected chi connectivity index (χ4v) is 2.91. The van der Waals surface area contributed by atoms with E-state index in [4.69, 9.17) is 14.5 Å². The summed E-state index contributed by atoms with van der Waals surface area (Å²) in [5.41, 5.74) is 2.04. The Bertz CT molecular complexity index is 765. The van der Waals surface area contributed by atoms with Crippen LogP contribution in [0, 0.1) is 5.92 Å². The van der Waals surface area contributed by atoms with Gasteiger partial charge in [-0.05, 0) is 75.4 Å². The summed E-state index contributed by atoms with van der Waals surface area (Å²) < 4.78 is 11.4. The van der Waals surface area contributed by atoms with Crippen LogP contribution in [0.3, 0.4) is 0 Å². The minimum atomic E-state index is 0. The topological polar surface area (TPSA) is 67.8 Å². The molecular formula is C24H35IN4O2. The minimum absolute atomic E-state index is 0. The number of hydrogen-bond acceptors (Lipinski definition) is 4. The van der Waals surface area contributed by atoms with Gasteiger partial charge in [0.25, 0.3) is 0 Å². The largest absolute Gasteiger partial charge is 0.491 e. The molecule has 0 bridgehead atoms. The fourth-order valence-electron chi connectivity index (χ4n) is 2.91. The van der Waals surface area contributed by atoms with Crippen LogP contribution in [-0.2, 0) is 11.2 Å². The number of benzene rings is 1. The van der Waals surface area contributed by atoms with Crippen molar-refractivity contribution in [1.29, 1.82) is 0 Å². The van der Waals surface area contributed by atoms with E-state index in [9.17, 15) is 0 Å². The summed E-state index contributed by atoms with van der Waals surface area (Å²) in [5.74, 6) is 2.44. The number of nitrogens with one attached hydrogen (secondary N) is 2. The third kappa shape index (κ3) is 10.8. The average molecular weight is 538 g/mol. The molecule has 0 atom stereocenters. The second-order valence-electron chi connectivity index (χ2n) is 7.92. The van der Waals surface area contributed by atoms with E-state index in [-0.39, 0.29) is 30.1 Å². The summed E-state index contributed by atoms with van der Waals surface area (Å²) in [6.45, 7) is 7.20. The number of anilines is 1. The van der Waals surface area contributed by atoms with E-state index >= 15 is 0 Å². The van der Waals surface area contributed by atoms with Crippen molar-refractivity contribution in [3.63, 3.8) is 0 Å². The van der Waals surface area contributed by atoms with Gasteiger partial charge in [-0.15, -0.1) is 24.0 Å². The number of ether oxygens (including phenoxy) is 2. The lowest BCUT2D eigenvalue weighted by atomic mass is 10.3. The standard InChI is InChI=1S/C24H34N4O2.HI/c1-19(2)30-23-11-9-22(10-12-23)28-24(26-15-5-17-29-18-20-7-8-20)27-16-13-21-6-3-4-14-25-21;/h3-4,6,9-12,14,19-20H,5,7-8,13,15-18H2,1-2H3,(H2,26,27,28);1H. The molecular weight excluding hydrogens is 503 g/mol. The molecule has 2 N–H and O–H groups in total. The monoisotopic (exact) mass is 538 g/mol. The molecule has 1 aliphatic rings. The molecule has 2 aromatic rings. The Morgan fingerprint density at radius 3 is 2.65 bits per heavy atom. The van der Waals surface area contributed by atoms with Crippen LogP contribution in [0.4, 0.5) is 5.69 Å². The maximum atomic E-state index is 5.72. The summed E-state index contributed by atoms with van der Waals surface area (Å²) in [6.07, 6.45) is 6.40. The van der Waals surface area contributed by atoms with Crippen molar-refractivity contribution in [3.05, 3.63) is 54.4 Å². The van der Waals surface area contributed by atoms with Crippen molar-refractivity contribution < 1.29 is 9.47 Å². The van der Waals surface area contributed by atoms with Crippen LogP contribution in [0.1, 0.15) is 38.8 Å². The Morgan fingerprint density at radius 1 is 1.16 bits per heavy atom. The van der Waals surface area contributed by atoms with E-state index in [1.165, 1.54) is 12.8 Å². The van der Waals surface area contributed by atoms with Gasteiger partial charge in [-0.1, -0.05) is 6.07 Å². The van der Waals surface area contributed by atoms with Gasteiger partial charge in [-0.2, -0.15) is 0 Å². The Labute approximate surface area is 203 Å². The molecule has 1 fully saturated rings. The molecule has 3 rings (SSSR count). The first-order chi connectivity index (χ1) is 14.7. The maximum absolute atomic E-state index is 5.72. The number of guanidine groups is 1. The molecule has 7 heteroatoms. The predicted molar refractivity (Wildman–Crippen MR) is 138 cm³/mol. The van der Waals surface area contributed by atoms with Crippen LogP contribution < -0.4 is 15.4 Å². The van der Waals surface area contributed by atoms with Crippen LogP contribution in [0.15, 0.2) is 53.7 Å². The van der Waals surface area contributed by atoms with E-state index < -0.39 is 0 Å². The molecule has 1 heterocycles. The predicted octanol–water partition coefficient (Wildman–Crippen LogP) is 4.90. The summed E-state index contributed by atoms with van der Waals surface area (Å²) in [5, 5.41) is 6.80. The molecule has 0 spiro atoms. The molecule has 0 unspecified atom stereocenters. The number of aromatic nitrogens is 1. The highest BCUT2D eigenvalue weighted by atomic mass is 127. The summed E-state index contributed by atoms with van der Waals surface area (Å²) in [4.78, 5) is 9.09. The van der Waals surface area contributed by atoms with Crippen molar-refractivity contribution >= 4 is 35.6 Å². The lowest BCUT2D eigenvalue weighted by Gasteiger charge is -2.14. The second kappa shape index (κ2) is 14.2. The zero-order valence-corrected chi connectivity index (χ0v) is 20.9. The lowest BCUT2D eigenvalue weighted by molar-refractivity contribution is 0.123. The first-order valence-electron chi connectivity index (χ1n) is 11.0. The second-order valence-corrected chi connectivity index (χ2v) is 7.92. The Morgan fingerprint density at radius 2 is 1.97 bits per heavy atom. The highest BCUT2D eigenvalue weighted by molar-refractivity contribution is 14.0. The van der Waals surface area contributed by atoms with E-state index in [1.807, 2.05) is 62.5 Å². The quantitative estimate of drug-likeness (QED) is 0.174. The summed E-state index contributed by atoms with van der Waals surface area (Å²) >= 11 is 0. The highest BCUT2D eigenvalue weighted by Crippen LogP contribution is 2.28. The van der Waals surface area contributed by atoms with E-state index in [0.717, 1.165) is 68.2 Å². The highest BCUT2D eigenvalue weighted by Gasteiger charge is 2.20. The van der Waals surface area contributed by atoms with Crippen LogP contribution in [0.2, 0.25) is 0 Å². The third-order valence-corrected chi connectivity index (χ3v) is 4.66. The SMILES string of the molecule is CC(C)Oc1ccc(NC(=NCCCOCC2CC2)NCCc2ccccn2)cc1.I. The summed E-state index contributed by atoms with van der Waals surface area (Å²) in [6, 6.07) is 13.9. The van der Waals surface area contributed by atoms with Gasteiger partial charge in [0.2, 0.25) is 0 Å². The Kier molecular flexibility index (Phi) is 11.7. The number of hydrogen-bond donors (Lipinski definition) is 2. The molecule has 170 valence electrons. The van der Waals surface area contributed by atoms with Gasteiger partial charge >= 0.3 is 0 Å². The van der Waals surface area contributed by atoms with Crippen LogP contribution >= 0.6 is 24.0 Å². The first kappa shape index (κ1) is 25.4. The zero-order chi connectivity index (χ0) is 21.0. The van der Waals surface area contributed by atoms with Gasteiger partial charge in [0, 0.05) is 50.3 Å². The average Bonchev–Trinajstić information content (AvgIpc) is 3.56. The minimum Gasteiger partial charge on any atom is -0.491 e. The molecule has 1 aromatic heterocycles. The molecule has 1 aromatic carbocycles. The lowest BCUT2D eigenvalue weighted by Crippen LogP contribution is -2.32. The molecule has 1 saturated carbocycles. The van der Waals surface area contributed by atoms with Crippen LogP contribution in [-0.4, -0.2) is 43.4 Å². The van der Waals surface area contributed by atoms with Crippen LogP contribution in [0.5, 0.6) is 5.75 Å². The molecule has 31 heavy (non-hydrogen) atoms.